The normalized spacial score (nSPS) is 12.2. The first kappa shape index (κ1) is 38.1. The molecular formula is C61H36N10. The van der Waals surface area contributed by atoms with Crippen molar-refractivity contribution in [1.82, 2.24) is 47.8 Å². The van der Waals surface area contributed by atoms with E-state index in [0.29, 0.717) is 5.95 Å². The van der Waals surface area contributed by atoms with Crippen molar-refractivity contribution >= 4 is 109 Å². The Bertz CT molecular complexity index is 4580. The molecule has 16 aromatic rings. The van der Waals surface area contributed by atoms with Crippen molar-refractivity contribution in [3.05, 3.63) is 219 Å². The number of aromatic nitrogens is 10. The molecule has 16 rings (SSSR count). The first-order chi connectivity index (χ1) is 35.2. The Morgan fingerprint density at radius 2 is 0.592 bits per heavy atom. The molecule has 0 bridgehead atoms. The van der Waals surface area contributed by atoms with Gasteiger partial charge < -0.3 is 9.13 Å². The van der Waals surface area contributed by atoms with Crippen LogP contribution in [0.5, 0.6) is 0 Å². The van der Waals surface area contributed by atoms with E-state index >= 15 is 0 Å². The third-order valence-corrected chi connectivity index (χ3v) is 14.6. The molecular weight excluding hydrogens is 873 g/mol. The Kier molecular flexibility index (Phi) is 7.67. The highest BCUT2D eigenvalue weighted by Crippen LogP contribution is 2.43. The zero-order valence-corrected chi connectivity index (χ0v) is 37.8. The van der Waals surface area contributed by atoms with E-state index in [1.54, 1.807) is 12.7 Å². The van der Waals surface area contributed by atoms with Crippen LogP contribution in [0.15, 0.2) is 219 Å². The highest BCUT2D eigenvalue weighted by molar-refractivity contribution is 6.21. The quantitative estimate of drug-likeness (QED) is 0.172. The smallest absolute Gasteiger partial charge is 0.237 e. The number of hydrogen-bond acceptors (Lipinski definition) is 5. The molecule has 0 saturated carbocycles. The topological polar surface area (TPSA) is 89.1 Å². The van der Waals surface area contributed by atoms with Crippen molar-refractivity contribution in [2.75, 3.05) is 0 Å². The summed E-state index contributed by atoms with van der Waals surface area (Å²) in [4.78, 5) is 23.5. The lowest BCUT2D eigenvalue weighted by atomic mass is 10.1. The highest BCUT2D eigenvalue weighted by Gasteiger charge is 2.23. The summed E-state index contributed by atoms with van der Waals surface area (Å²) in [5.74, 6) is 2.30. The van der Waals surface area contributed by atoms with Crippen LogP contribution in [0.2, 0.25) is 0 Å². The summed E-state index contributed by atoms with van der Waals surface area (Å²) < 4.78 is 11.5. The Morgan fingerprint density at radius 1 is 0.239 bits per heavy atom. The molecule has 0 aliphatic rings. The molecule has 0 aliphatic heterocycles. The SMILES string of the molecule is c1ccc(-n2c3ccccc3c3cc4c5ccccc5n(-c5ccc6c7ccc(-n8c9ccccc9c9cc%10c%11ccccc%11n(-c%11ccccn%11)c%10cc98)cc7n(-c7ncncn7)c6c5)c4cc32)nc1. The van der Waals surface area contributed by atoms with Gasteiger partial charge in [0.15, 0.2) is 0 Å². The van der Waals surface area contributed by atoms with Crippen LogP contribution in [0, 0.1) is 0 Å². The molecule has 8 aromatic heterocycles. The monoisotopic (exact) mass is 908 g/mol. The average Bonchev–Trinajstić information content (AvgIpc) is 4.21. The largest absolute Gasteiger partial charge is 0.309 e. The Morgan fingerprint density at radius 3 is 1.00 bits per heavy atom. The maximum atomic E-state index is 4.84. The lowest BCUT2D eigenvalue weighted by Crippen LogP contribution is -2.02. The van der Waals surface area contributed by atoms with Gasteiger partial charge in [-0.3, -0.25) is 13.7 Å². The fourth-order valence-corrected chi connectivity index (χ4v) is 11.7. The molecule has 10 heteroatoms. The molecule has 330 valence electrons. The minimum Gasteiger partial charge on any atom is -0.309 e. The average molecular weight is 909 g/mol. The van der Waals surface area contributed by atoms with E-state index in [9.17, 15) is 0 Å². The number of rotatable bonds is 5. The molecule has 0 amide bonds. The van der Waals surface area contributed by atoms with Crippen LogP contribution in [0.25, 0.3) is 138 Å². The van der Waals surface area contributed by atoms with Gasteiger partial charge in [0.2, 0.25) is 5.95 Å². The van der Waals surface area contributed by atoms with Gasteiger partial charge in [-0.15, -0.1) is 0 Å². The van der Waals surface area contributed by atoms with E-state index in [0.717, 1.165) is 88.9 Å². The zero-order valence-electron chi connectivity index (χ0n) is 37.8. The van der Waals surface area contributed by atoms with Crippen LogP contribution >= 0.6 is 0 Å². The fourth-order valence-electron chi connectivity index (χ4n) is 11.7. The van der Waals surface area contributed by atoms with Crippen molar-refractivity contribution in [1.29, 1.82) is 0 Å². The molecule has 0 atom stereocenters. The standard InChI is InChI=1S/C61H36N10/c1-5-17-49-39(13-1)45-31-47-41-15-3-7-19-51(41)69(59-21-9-11-27-63-59)57(47)33-55(45)67(49)37-23-25-43-44-26-24-38(30-54(44)71(53(43)29-37)61-65-35-62-36-66-61)68-50-18-6-2-14-40(50)46-32-48-42-16-4-8-20-52(42)70(58(48)34-56(46)68)60-22-10-12-28-64-60/h1-36H. The molecule has 0 saturated heterocycles. The van der Waals surface area contributed by atoms with Gasteiger partial charge in [0.25, 0.3) is 0 Å². The van der Waals surface area contributed by atoms with Crippen molar-refractivity contribution < 1.29 is 0 Å². The number of nitrogens with zero attached hydrogens (tertiary/aromatic N) is 10. The summed E-state index contributed by atoms with van der Waals surface area (Å²) in [6.07, 6.45) is 6.87. The summed E-state index contributed by atoms with van der Waals surface area (Å²) in [6, 6.07) is 69.8. The number of fused-ring (bicyclic) bond motifs is 15. The lowest BCUT2D eigenvalue weighted by molar-refractivity contribution is 0.938. The molecule has 0 spiro atoms. The second-order valence-electron chi connectivity index (χ2n) is 18.2. The molecule has 71 heavy (non-hydrogen) atoms. The Balaban J connectivity index is 0.958. The van der Waals surface area contributed by atoms with E-state index in [1.807, 2.05) is 36.7 Å². The maximum absolute atomic E-state index is 4.84. The van der Waals surface area contributed by atoms with Crippen LogP contribution in [-0.4, -0.2) is 47.8 Å². The van der Waals surface area contributed by atoms with Gasteiger partial charge in [0.1, 0.15) is 24.3 Å². The van der Waals surface area contributed by atoms with Gasteiger partial charge >= 0.3 is 0 Å². The third kappa shape index (κ3) is 5.27. The predicted molar refractivity (Wildman–Crippen MR) is 287 cm³/mol. The minimum atomic E-state index is 0.543. The molecule has 0 unspecified atom stereocenters. The summed E-state index contributed by atoms with van der Waals surface area (Å²) in [5, 5.41) is 11.7. The number of benzene rings is 8. The van der Waals surface area contributed by atoms with Gasteiger partial charge in [-0.25, -0.2) is 24.9 Å². The van der Waals surface area contributed by atoms with E-state index in [1.165, 1.54) is 43.1 Å². The van der Waals surface area contributed by atoms with E-state index in [-0.39, 0.29) is 0 Å². The number of hydrogen-bond donors (Lipinski definition) is 0. The summed E-state index contributed by atoms with van der Waals surface area (Å²) in [6.45, 7) is 0. The molecule has 0 N–H and O–H groups in total. The summed E-state index contributed by atoms with van der Waals surface area (Å²) in [5.41, 5.74) is 12.9. The first-order valence-corrected chi connectivity index (χ1v) is 23.7. The molecule has 8 aromatic carbocycles. The van der Waals surface area contributed by atoms with E-state index in [4.69, 9.17) is 19.9 Å². The molecule has 0 fully saturated rings. The fraction of sp³-hybridized carbons (Fsp3) is 0. The van der Waals surface area contributed by atoms with Crippen molar-refractivity contribution in [3.8, 4) is 29.0 Å². The first-order valence-electron chi connectivity index (χ1n) is 23.7. The third-order valence-electron chi connectivity index (χ3n) is 14.6. The highest BCUT2D eigenvalue weighted by atomic mass is 15.2. The van der Waals surface area contributed by atoms with Crippen LogP contribution in [-0.2, 0) is 0 Å². The number of para-hydroxylation sites is 4. The van der Waals surface area contributed by atoms with Gasteiger partial charge in [0, 0.05) is 77.6 Å². The summed E-state index contributed by atoms with van der Waals surface area (Å²) >= 11 is 0. The minimum absolute atomic E-state index is 0.543. The molecule has 0 aliphatic carbocycles. The molecule has 10 nitrogen and oxygen atoms in total. The zero-order chi connectivity index (χ0) is 46.3. The van der Waals surface area contributed by atoms with Crippen LogP contribution in [0.1, 0.15) is 0 Å². The second-order valence-corrected chi connectivity index (χ2v) is 18.2. The van der Waals surface area contributed by atoms with Gasteiger partial charge in [-0.05, 0) is 97.1 Å². The molecule has 8 heterocycles. The van der Waals surface area contributed by atoms with E-state index in [2.05, 4.69) is 198 Å². The van der Waals surface area contributed by atoms with E-state index < -0.39 is 0 Å². The van der Waals surface area contributed by atoms with Crippen molar-refractivity contribution in [3.63, 3.8) is 0 Å². The number of pyridine rings is 2. The van der Waals surface area contributed by atoms with Crippen molar-refractivity contribution in [2.24, 2.45) is 0 Å². The van der Waals surface area contributed by atoms with Gasteiger partial charge in [-0.2, -0.15) is 0 Å². The summed E-state index contributed by atoms with van der Waals surface area (Å²) in [7, 11) is 0. The van der Waals surface area contributed by atoms with Crippen LogP contribution < -0.4 is 0 Å². The van der Waals surface area contributed by atoms with Crippen LogP contribution in [0.3, 0.4) is 0 Å². The second kappa shape index (κ2) is 14.3. The predicted octanol–water partition coefficient (Wildman–Crippen LogP) is 14.1. The maximum Gasteiger partial charge on any atom is 0.237 e. The Labute approximate surface area is 403 Å². The van der Waals surface area contributed by atoms with Crippen molar-refractivity contribution in [2.45, 2.75) is 0 Å². The van der Waals surface area contributed by atoms with Crippen LogP contribution in [0.4, 0.5) is 0 Å². The molecule has 0 radical (unpaired) electrons. The lowest BCUT2D eigenvalue weighted by Gasteiger charge is -2.11. The van der Waals surface area contributed by atoms with Gasteiger partial charge in [0.05, 0.1) is 55.2 Å². The van der Waals surface area contributed by atoms with Gasteiger partial charge in [-0.1, -0.05) is 97.1 Å². The Hall–Kier alpha value is -9.93.